The summed E-state index contributed by atoms with van der Waals surface area (Å²) in [5, 5.41) is 6.95. The zero-order valence-electron chi connectivity index (χ0n) is 8.71. The van der Waals surface area contributed by atoms with Crippen LogP contribution in [0, 0.1) is 6.92 Å². The van der Waals surface area contributed by atoms with Gasteiger partial charge in [0.15, 0.2) is 0 Å². The van der Waals surface area contributed by atoms with Crippen LogP contribution in [0.25, 0.3) is 0 Å². The Labute approximate surface area is 106 Å². The molecule has 0 unspecified atom stereocenters. The molecule has 0 radical (unpaired) electrons. The molecular formula is C9H8BrN3O3S. The van der Waals surface area contributed by atoms with Crippen molar-refractivity contribution in [2.45, 2.75) is 11.8 Å². The van der Waals surface area contributed by atoms with Crippen molar-refractivity contribution in [1.29, 1.82) is 0 Å². The number of nitrogens with zero attached hydrogens (tertiary/aromatic N) is 2. The summed E-state index contributed by atoms with van der Waals surface area (Å²) in [6, 6.07) is 6.25. The summed E-state index contributed by atoms with van der Waals surface area (Å²) in [5.41, 5.74) is 0.380. The van der Waals surface area contributed by atoms with Gasteiger partial charge in [-0.05, 0) is 36.3 Å². The summed E-state index contributed by atoms with van der Waals surface area (Å²) < 4.78 is 31.4. The molecule has 0 aliphatic rings. The van der Waals surface area contributed by atoms with E-state index < -0.39 is 10.0 Å². The molecule has 2 aromatic rings. The molecule has 0 bridgehead atoms. The molecule has 0 atom stereocenters. The largest absolute Gasteiger partial charge is 0.263 e. The van der Waals surface area contributed by atoms with Crippen LogP contribution in [0.1, 0.15) is 5.69 Å². The normalized spacial score (nSPS) is 11.4. The maximum atomic E-state index is 11.9. The summed E-state index contributed by atoms with van der Waals surface area (Å²) in [5.74, 6) is 0.0907. The number of benzene rings is 1. The summed E-state index contributed by atoms with van der Waals surface area (Å²) in [6.07, 6.45) is 0. The maximum absolute atomic E-state index is 11.9. The summed E-state index contributed by atoms with van der Waals surface area (Å²) in [4.78, 5) is 0.142. The van der Waals surface area contributed by atoms with Gasteiger partial charge in [0.1, 0.15) is 5.69 Å². The Morgan fingerprint density at radius 2 is 1.88 bits per heavy atom. The molecule has 0 aliphatic carbocycles. The van der Waals surface area contributed by atoms with Gasteiger partial charge in [-0.2, -0.15) is 0 Å². The van der Waals surface area contributed by atoms with Gasteiger partial charge in [0, 0.05) is 4.47 Å². The number of aromatic nitrogens is 2. The molecule has 6 nitrogen and oxygen atoms in total. The highest BCUT2D eigenvalue weighted by molar-refractivity contribution is 9.10. The first-order chi connectivity index (χ1) is 7.99. The van der Waals surface area contributed by atoms with E-state index in [0.717, 1.165) is 4.47 Å². The third-order valence-corrected chi connectivity index (χ3v) is 3.89. The Balaban J connectivity index is 2.31. The predicted octanol–water partition coefficient (Wildman–Crippen LogP) is 1.94. The van der Waals surface area contributed by atoms with Crippen molar-refractivity contribution in [2.75, 3.05) is 4.72 Å². The molecule has 0 spiro atoms. The highest BCUT2D eigenvalue weighted by Crippen LogP contribution is 2.18. The highest BCUT2D eigenvalue weighted by atomic mass is 79.9. The van der Waals surface area contributed by atoms with Crippen LogP contribution in [0.2, 0.25) is 0 Å². The number of sulfonamides is 1. The minimum atomic E-state index is -3.66. The number of hydrogen-bond acceptors (Lipinski definition) is 5. The lowest BCUT2D eigenvalue weighted by atomic mass is 10.4. The molecule has 8 heteroatoms. The first-order valence-electron chi connectivity index (χ1n) is 4.56. The van der Waals surface area contributed by atoms with E-state index in [0.29, 0.717) is 5.69 Å². The summed E-state index contributed by atoms with van der Waals surface area (Å²) in [7, 11) is -3.66. The average molecular weight is 318 g/mol. The lowest BCUT2D eigenvalue weighted by molar-refractivity contribution is 0.306. The zero-order valence-corrected chi connectivity index (χ0v) is 11.1. The number of aryl methyl sites for hydroxylation is 1. The van der Waals surface area contributed by atoms with Gasteiger partial charge in [-0.15, -0.1) is 0 Å². The van der Waals surface area contributed by atoms with Crippen LogP contribution in [-0.4, -0.2) is 18.7 Å². The van der Waals surface area contributed by atoms with Gasteiger partial charge in [-0.1, -0.05) is 21.1 Å². The van der Waals surface area contributed by atoms with Crippen LogP contribution < -0.4 is 4.72 Å². The van der Waals surface area contributed by atoms with Crippen molar-refractivity contribution in [2.24, 2.45) is 0 Å². The van der Waals surface area contributed by atoms with Crippen molar-refractivity contribution >= 4 is 31.8 Å². The smallest absolute Gasteiger partial charge is 0.259 e. The minimum absolute atomic E-state index is 0.0907. The molecule has 1 aromatic heterocycles. The van der Waals surface area contributed by atoms with Gasteiger partial charge in [0.25, 0.3) is 10.0 Å². The standard InChI is InChI=1S/C9H8BrN3O3S/c1-6-9(12-16-11-6)13-17(14,15)8-4-2-7(10)3-5-8/h2-5H,1H3,(H,12,13). The van der Waals surface area contributed by atoms with Crippen LogP contribution in [0.3, 0.4) is 0 Å². The average Bonchev–Trinajstić information content (AvgIpc) is 2.64. The molecule has 0 saturated carbocycles. The number of rotatable bonds is 3. The van der Waals surface area contributed by atoms with E-state index in [9.17, 15) is 8.42 Å². The van der Waals surface area contributed by atoms with Gasteiger partial charge in [0.2, 0.25) is 5.82 Å². The van der Waals surface area contributed by atoms with Crippen LogP contribution in [0.4, 0.5) is 5.82 Å². The van der Waals surface area contributed by atoms with Crippen LogP contribution >= 0.6 is 15.9 Å². The van der Waals surface area contributed by atoms with E-state index in [1.165, 1.54) is 12.1 Å². The van der Waals surface area contributed by atoms with Gasteiger partial charge in [-0.25, -0.2) is 13.0 Å². The van der Waals surface area contributed by atoms with Crippen LogP contribution in [0.15, 0.2) is 38.3 Å². The number of anilines is 1. The third kappa shape index (κ3) is 2.64. The van der Waals surface area contributed by atoms with Crippen molar-refractivity contribution in [3.63, 3.8) is 0 Å². The summed E-state index contributed by atoms with van der Waals surface area (Å²) >= 11 is 3.23. The fraction of sp³-hybridized carbons (Fsp3) is 0.111. The first kappa shape index (κ1) is 12.1. The Morgan fingerprint density at radius 3 is 2.41 bits per heavy atom. The van der Waals surface area contributed by atoms with Gasteiger partial charge in [0.05, 0.1) is 4.90 Å². The van der Waals surface area contributed by atoms with E-state index in [1.54, 1.807) is 19.1 Å². The highest BCUT2D eigenvalue weighted by Gasteiger charge is 2.17. The lowest BCUT2D eigenvalue weighted by Crippen LogP contribution is -2.13. The Morgan fingerprint density at radius 1 is 1.24 bits per heavy atom. The Kier molecular flexibility index (Phi) is 3.16. The molecule has 0 amide bonds. The van der Waals surface area contributed by atoms with E-state index >= 15 is 0 Å². The lowest BCUT2D eigenvalue weighted by Gasteiger charge is -2.04. The first-order valence-corrected chi connectivity index (χ1v) is 6.84. The molecule has 0 saturated heterocycles. The quantitative estimate of drug-likeness (QED) is 0.935. The maximum Gasteiger partial charge on any atom is 0.263 e. The monoisotopic (exact) mass is 317 g/mol. The second-order valence-electron chi connectivity index (χ2n) is 3.26. The second kappa shape index (κ2) is 4.46. The second-order valence-corrected chi connectivity index (χ2v) is 5.86. The molecule has 0 aliphatic heterocycles. The molecule has 90 valence electrons. The van der Waals surface area contributed by atoms with Crippen molar-refractivity contribution in [3.05, 3.63) is 34.4 Å². The molecule has 1 heterocycles. The topological polar surface area (TPSA) is 85.1 Å². The van der Waals surface area contributed by atoms with Gasteiger partial charge in [-0.3, -0.25) is 4.72 Å². The van der Waals surface area contributed by atoms with Crippen molar-refractivity contribution in [3.8, 4) is 0 Å². The van der Waals surface area contributed by atoms with E-state index in [4.69, 9.17) is 0 Å². The molecule has 1 aromatic carbocycles. The number of hydrogen-bond donors (Lipinski definition) is 1. The fourth-order valence-corrected chi connectivity index (χ4v) is 2.44. The van der Waals surface area contributed by atoms with Gasteiger partial charge < -0.3 is 0 Å². The molecule has 17 heavy (non-hydrogen) atoms. The predicted molar refractivity (Wildman–Crippen MR) is 64.0 cm³/mol. The SMILES string of the molecule is Cc1nonc1NS(=O)(=O)c1ccc(Br)cc1. The fourth-order valence-electron chi connectivity index (χ4n) is 1.12. The van der Waals surface area contributed by atoms with E-state index in [-0.39, 0.29) is 10.7 Å². The Hall–Kier alpha value is -1.41. The van der Waals surface area contributed by atoms with Crippen LogP contribution in [-0.2, 0) is 10.0 Å². The third-order valence-electron chi connectivity index (χ3n) is 2.01. The minimum Gasteiger partial charge on any atom is -0.259 e. The number of halogens is 1. The van der Waals surface area contributed by atoms with Crippen molar-refractivity contribution < 1.29 is 13.0 Å². The summed E-state index contributed by atoms with van der Waals surface area (Å²) in [6.45, 7) is 1.59. The Bertz CT molecular complexity index is 621. The van der Waals surface area contributed by atoms with E-state index in [2.05, 4.69) is 35.6 Å². The molecule has 0 fully saturated rings. The number of nitrogens with one attached hydrogen (secondary N) is 1. The zero-order chi connectivity index (χ0) is 12.5. The van der Waals surface area contributed by atoms with Crippen LogP contribution in [0.5, 0.6) is 0 Å². The molecule has 2 rings (SSSR count). The van der Waals surface area contributed by atoms with Crippen molar-refractivity contribution in [1.82, 2.24) is 10.3 Å². The van der Waals surface area contributed by atoms with Gasteiger partial charge >= 0.3 is 0 Å². The molecular weight excluding hydrogens is 310 g/mol. The van der Waals surface area contributed by atoms with E-state index in [1.807, 2.05) is 0 Å². The molecule has 1 N–H and O–H groups in total.